The van der Waals surface area contributed by atoms with Crippen LogP contribution in [0.5, 0.6) is 0 Å². The van der Waals surface area contributed by atoms with Crippen molar-refractivity contribution in [2.75, 3.05) is 0 Å². The van der Waals surface area contributed by atoms with Crippen molar-refractivity contribution in [3.63, 3.8) is 0 Å². The van der Waals surface area contributed by atoms with Gasteiger partial charge in [0.15, 0.2) is 0 Å². The molecule has 0 spiro atoms. The van der Waals surface area contributed by atoms with E-state index in [9.17, 15) is 10.5 Å². The van der Waals surface area contributed by atoms with Gasteiger partial charge >= 0.3 is 0 Å². The Balaban J connectivity index is 1.11. The summed E-state index contributed by atoms with van der Waals surface area (Å²) in [5, 5.41) is 27.2. The van der Waals surface area contributed by atoms with E-state index in [0.717, 1.165) is 61.0 Å². The van der Waals surface area contributed by atoms with Crippen LogP contribution in [0.2, 0.25) is 0 Å². The highest BCUT2D eigenvalue weighted by atomic mass is 15.0. The highest BCUT2D eigenvalue weighted by molar-refractivity contribution is 6.13. The van der Waals surface area contributed by atoms with Gasteiger partial charge in [-0.25, -0.2) is 0 Å². The second-order valence-corrected chi connectivity index (χ2v) is 14.0. The first-order valence-electron chi connectivity index (χ1n) is 18.3. The molecule has 0 aliphatic carbocycles. The van der Waals surface area contributed by atoms with E-state index >= 15 is 0 Å². The fourth-order valence-electron chi connectivity index (χ4n) is 8.76. The first-order valence-corrected chi connectivity index (χ1v) is 18.3. The van der Waals surface area contributed by atoms with Gasteiger partial charge in [-0.1, -0.05) is 109 Å². The molecular weight excluding hydrogens is 671 g/mol. The molecule has 0 aliphatic rings. The van der Waals surface area contributed by atoms with Crippen LogP contribution in [0.15, 0.2) is 176 Å². The molecule has 55 heavy (non-hydrogen) atoms. The van der Waals surface area contributed by atoms with Crippen LogP contribution in [0.3, 0.4) is 0 Å². The highest BCUT2D eigenvalue weighted by Crippen LogP contribution is 2.40. The molecule has 3 aromatic heterocycles. The van der Waals surface area contributed by atoms with Crippen molar-refractivity contribution in [2.45, 2.75) is 0 Å². The van der Waals surface area contributed by atoms with Crippen LogP contribution in [0.25, 0.3) is 93.6 Å². The number of fused-ring (bicyclic) bond motifs is 9. The fourth-order valence-corrected chi connectivity index (χ4v) is 8.76. The maximum atomic E-state index is 10.2. The average Bonchev–Trinajstić information content (AvgIpc) is 3.89. The zero-order chi connectivity index (χ0) is 36.6. The maximum Gasteiger partial charge on any atom is 0.101 e. The summed E-state index contributed by atoms with van der Waals surface area (Å²) in [5.74, 6) is 0. The smallest absolute Gasteiger partial charge is 0.101 e. The quantitative estimate of drug-likeness (QED) is 0.184. The van der Waals surface area contributed by atoms with Crippen molar-refractivity contribution in [3.8, 4) is 40.3 Å². The second kappa shape index (κ2) is 11.8. The third-order valence-corrected chi connectivity index (χ3v) is 11.1. The molecule has 0 bridgehead atoms. The minimum Gasteiger partial charge on any atom is -0.309 e. The van der Waals surface area contributed by atoms with Crippen LogP contribution in [-0.4, -0.2) is 13.7 Å². The van der Waals surface area contributed by atoms with E-state index in [1.54, 1.807) is 0 Å². The highest BCUT2D eigenvalue weighted by Gasteiger charge is 2.20. The standard InChI is InChI=1S/C50H29N5/c51-30-32-20-26-37(48(28-32)55-47-19-8-4-14-41(47)43-15-9-10-34(31-52)50(43)55)33-21-23-35(24-22-33)53-44-16-5-3-13-40(44)42-27-25-36(29-49(42)53)54-45-17-6-1-11-38(45)39-12-2-7-18-46(39)54/h1-29H. The summed E-state index contributed by atoms with van der Waals surface area (Å²) in [7, 11) is 0. The molecule has 0 fully saturated rings. The monoisotopic (exact) mass is 699 g/mol. The molecular formula is C50H29N5. The van der Waals surface area contributed by atoms with Gasteiger partial charge in [-0.05, 0) is 72.3 Å². The van der Waals surface area contributed by atoms with E-state index < -0.39 is 0 Å². The lowest BCUT2D eigenvalue weighted by molar-refractivity contribution is 1.15. The number of nitriles is 2. The minimum absolute atomic E-state index is 0.556. The van der Waals surface area contributed by atoms with Crippen molar-refractivity contribution in [1.29, 1.82) is 10.5 Å². The van der Waals surface area contributed by atoms with E-state index in [-0.39, 0.29) is 0 Å². The van der Waals surface area contributed by atoms with E-state index in [4.69, 9.17) is 0 Å². The van der Waals surface area contributed by atoms with Gasteiger partial charge in [0, 0.05) is 49.3 Å². The number of para-hydroxylation sites is 5. The molecule has 0 aliphatic heterocycles. The van der Waals surface area contributed by atoms with Crippen molar-refractivity contribution in [1.82, 2.24) is 13.7 Å². The molecule has 3 heterocycles. The number of hydrogen-bond acceptors (Lipinski definition) is 2. The van der Waals surface area contributed by atoms with Gasteiger partial charge in [-0.3, -0.25) is 0 Å². The zero-order valence-electron chi connectivity index (χ0n) is 29.5. The van der Waals surface area contributed by atoms with Crippen molar-refractivity contribution >= 4 is 65.4 Å². The topological polar surface area (TPSA) is 62.4 Å². The Morgan fingerprint density at radius 2 is 0.873 bits per heavy atom. The molecule has 254 valence electrons. The first-order chi connectivity index (χ1) is 27.2. The Bertz CT molecular complexity index is 3400. The third-order valence-electron chi connectivity index (χ3n) is 11.1. The average molecular weight is 700 g/mol. The van der Waals surface area contributed by atoms with Crippen molar-refractivity contribution < 1.29 is 0 Å². The third kappa shape index (κ3) is 4.45. The van der Waals surface area contributed by atoms with Crippen LogP contribution < -0.4 is 0 Å². The summed E-state index contributed by atoms with van der Waals surface area (Å²) < 4.78 is 6.88. The Hall–Kier alpha value is -7.86. The van der Waals surface area contributed by atoms with E-state index in [2.05, 4.69) is 159 Å². The lowest BCUT2D eigenvalue weighted by Crippen LogP contribution is -2.00. The Kier molecular flexibility index (Phi) is 6.61. The van der Waals surface area contributed by atoms with Crippen LogP contribution in [0.1, 0.15) is 11.1 Å². The summed E-state index contributed by atoms with van der Waals surface area (Å²) in [5.41, 5.74) is 12.6. The van der Waals surface area contributed by atoms with Gasteiger partial charge in [-0.15, -0.1) is 0 Å². The summed E-state index contributed by atoms with van der Waals surface area (Å²) in [4.78, 5) is 0. The van der Waals surface area contributed by atoms with Crippen LogP contribution >= 0.6 is 0 Å². The predicted molar refractivity (Wildman–Crippen MR) is 224 cm³/mol. The Morgan fingerprint density at radius 1 is 0.364 bits per heavy atom. The van der Waals surface area contributed by atoms with E-state index in [1.807, 2.05) is 42.5 Å². The van der Waals surface area contributed by atoms with Crippen LogP contribution in [0.4, 0.5) is 0 Å². The summed E-state index contributed by atoms with van der Waals surface area (Å²) in [6.07, 6.45) is 0. The summed E-state index contributed by atoms with van der Waals surface area (Å²) >= 11 is 0. The SMILES string of the molecule is N#Cc1ccc(-c2ccc(-n3c4ccccc4c4ccc(-n5c6ccccc6c6ccccc65)cc43)cc2)c(-n2c3ccccc3c3cccc(C#N)c32)c1. The van der Waals surface area contributed by atoms with Gasteiger partial charge in [0.05, 0.1) is 56.0 Å². The van der Waals surface area contributed by atoms with Crippen LogP contribution in [0, 0.1) is 22.7 Å². The number of aromatic nitrogens is 3. The lowest BCUT2D eigenvalue weighted by Gasteiger charge is -2.16. The summed E-state index contributed by atoms with van der Waals surface area (Å²) in [6.45, 7) is 0. The molecule has 0 amide bonds. The summed E-state index contributed by atoms with van der Waals surface area (Å²) in [6, 6.07) is 66.0. The number of nitrogens with zero attached hydrogens (tertiary/aromatic N) is 5. The Labute approximate surface area is 316 Å². The van der Waals surface area contributed by atoms with Gasteiger partial charge in [0.1, 0.15) is 6.07 Å². The lowest BCUT2D eigenvalue weighted by atomic mass is 10.0. The fraction of sp³-hybridized carbons (Fsp3) is 0. The van der Waals surface area contributed by atoms with Crippen LogP contribution in [-0.2, 0) is 0 Å². The molecule has 0 saturated heterocycles. The molecule has 5 nitrogen and oxygen atoms in total. The zero-order valence-corrected chi connectivity index (χ0v) is 29.5. The molecule has 5 heteroatoms. The maximum absolute atomic E-state index is 10.2. The molecule has 11 rings (SSSR count). The van der Waals surface area contributed by atoms with Gasteiger partial charge in [0.25, 0.3) is 0 Å². The largest absolute Gasteiger partial charge is 0.309 e. The number of rotatable bonds is 4. The van der Waals surface area contributed by atoms with Crippen molar-refractivity contribution in [2.24, 2.45) is 0 Å². The minimum atomic E-state index is 0.556. The van der Waals surface area contributed by atoms with Crippen molar-refractivity contribution in [3.05, 3.63) is 187 Å². The molecule has 0 saturated carbocycles. The first kappa shape index (κ1) is 30.7. The van der Waals surface area contributed by atoms with Gasteiger partial charge in [-0.2, -0.15) is 10.5 Å². The molecule has 0 radical (unpaired) electrons. The molecule has 8 aromatic carbocycles. The molecule has 0 unspecified atom stereocenters. The molecule has 11 aromatic rings. The molecule has 0 N–H and O–H groups in total. The van der Waals surface area contributed by atoms with Gasteiger partial charge < -0.3 is 13.7 Å². The van der Waals surface area contributed by atoms with E-state index in [0.29, 0.717) is 11.1 Å². The molecule has 0 atom stereocenters. The number of benzene rings is 8. The Morgan fingerprint density at radius 3 is 1.47 bits per heavy atom. The number of hydrogen-bond donors (Lipinski definition) is 0. The second-order valence-electron chi connectivity index (χ2n) is 14.0. The predicted octanol–water partition coefficient (Wildman–Crippen LogP) is 12.4. The van der Waals surface area contributed by atoms with Gasteiger partial charge in [0.2, 0.25) is 0 Å². The van der Waals surface area contributed by atoms with E-state index in [1.165, 1.54) is 32.6 Å². The normalized spacial score (nSPS) is 11.6.